The molecule has 0 aliphatic carbocycles. The minimum atomic E-state index is -4.57. The van der Waals surface area contributed by atoms with Crippen LogP contribution in [0.4, 0.5) is 27.6 Å². The Morgan fingerprint density at radius 2 is 1.78 bits per heavy atom. The molecule has 0 bridgehead atoms. The van der Waals surface area contributed by atoms with Crippen LogP contribution < -0.4 is 10.6 Å². The van der Waals surface area contributed by atoms with E-state index in [4.69, 9.17) is 5.73 Å². The highest BCUT2D eigenvalue weighted by Crippen LogP contribution is 2.29. The van der Waals surface area contributed by atoms with E-state index in [2.05, 4.69) is 0 Å². The lowest BCUT2D eigenvalue weighted by Gasteiger charge is -2.21. The van der Waals surface area contributed by atoms with Gasteiger partial charge in [0.25, 0.3) is 0 Å². The Balaban J connectivity index is 3.14. The molecule has 1 rings (SSSR count). The predicted octanol–water partition coefficient (Wildman–Crippen LogP) is 2.46. The summed E-state index contributed by atoms with van der Waals surface area (Å²) in [6.07, 6.45) is -5.18. The molecule has 0 heterocycles. The van der Waals surface area contributed by atoms with E-state index < -0.39 is 30.3 Å². The highest BCUT2D eigenvalue weighted by atomic mass is 19.4. The second-order valence-corrected chi connectivity index (χ2v) is 4.12. The van der Waals surface area contributed by atoms with Gasteiger partial charge in [-0.2, -0.15) is 13.2 Å². The first-order valence-corrected chi connectivity index (χ1v) is 5.11. The fourth-order valence-electron chi connectivity index (χ4n) is 1.58. The van der Waals surface area contributed by atoms with Crippen LogP contribution in [0.25, 0.3) is 0 Å². The molecular weight excluding hydrogens is 255 g/mol. The first-order valence-electron chi connectivity index (χ1n) is 5.11. The summed E-state index contributed by atoms with van der Waals surface area (Å²) in [5, 5.41) is 0. The smallest absolute Gasteiger partial charge is 0.375 e. The van der Waals surface area contributed by atoms with E-state index in [1.54, 1.807) is 0 Å². The van der Waals surface area contributed by atoms with E-state index in [0.29, 0.717) is 0 Å². The quantitative estimate of drug-likeness (QED) is 0.853. The Labute approximate surface area is 101 Å². The second-order valence-electron chi connectivity index (χ2n) is 4.12. The summed E-state index contributed by atoms with van der Waals surface area (Å²) in [5.41, 5.74) is 4.78. The van der Waals surface area contributed by atoms with Crippen LogP contribution in [0.3, 0.4) is 0 Å². The van der Waals surface area contributed by atoms with Crippen molar-refractivity contribution in [3.05, 3.63) is 29.3 Å². The number of alkyl halides is 3. The number of hydrogen-bond acceptors (Lipinski definition) is 2. The Kier molecular flexibility index (Phi) is 4.16. The zero-order chi connectivity index (χ0) is 14.1. The molecule has 1 atom stereocenters. The summed E-state index contributed by atoms with van der Waals surface area (Å²) < 4.78 is 63.6. The molecule has 0 aromatic heterocycles. The van der Waals surface area contributed by atoms with E-state index in [-0.39, 0.29) is 11.3 Å². The van der Waals surface area contributed by atoms with Crippen molar-refractivity contribution in [1.82, 2.24) is 0 Å². The number of rotatable bonds is 3. The number of hydrogen-bond donors (Lipinski definition) is 1. The molecule has 1 aromatic carbocycles. The van der Waals surface area contributed by atoms with Gasteiger partial charge in [-0.15, -0.1) is 0 Å². The zero-order valence-electron chi connectivity index (χ0n) is 9.85. The highest BCUT2D eigenvalue weighted by Gasteiger charge is 2.37. The maximum atomic E-state index is 13.5. The predicted molar refractivity (Wildman–Crippen MR) is 58.4 cm³/mol. The van der Waals surface area contributed by atoms with Crippen molar-refractivity contribution in [2.24, 2.45) is 5.73 Å². The van der Waals surface area contributed by atoms with Crippen LogP contribution in [-0.4, -0.2) is 26.3 Å². The summed E-state index contributed by atoms with van der Waals surface area (Å²) in [6, 6.07) is -0.207. The molecule has 0 fully saturated rings. The molecule has 0 spiro atoms. The van der Waals surface area contributed by atoms with Crippen LogP contribution in [0.2, 0.25) is 0 Å². The molecule has 1 unspecified atom stereocenters. The molecule has 0 saturated carbocycles. The molecular formula is C11H13F5N2. The Morgan fingerprint density at radius 3 is 2.22 bits per heavy atom. The summed E-state index contributed by atoms with van der Waals surface area (Å²) >= 11 is 0. The summed E-state index contributed by atoms with van der Waals surface area (Å²) in [7, 11) is 2.83. The zero-order valence-corrected chi connectivity index (χ0v) is 9.85. The molecule has 0 saturated heterocycles. The molecule has 0 amide bonds. The van der Waals surface area contributed by atoms with E-state index in [1.807, 2.05) is 0 Å². The average Bonchev–Trinajstić information content (AvgIpc) is 2.21. The third kappa shape index (κ3) is 3.10. The van der Waals surface area contributed by atoms with Gasteiger partial charge in [0.1, 0.15) is 6.04 Å². The lowest BCUT2D eigenvalue weighted by Crippen LogP contribution is -2.39. The van der Waals surface area contributed by atoms with Crippen LogP contribution in [-0.2, 0) is 6.42 Å². The second kappa shape index (κ2) is 5.09. The van der Waals surface area contributed by atoms with E-state index in [1.165, 1.54) is 19.0 Å². The fraction of sp³-hybridized carbons (Fsp3) is 0.455. The number of anilines is 1. The van der Waals surface area contributed by atoms with Crippen LogP contribution in [0.1, 0.15) is 5.56 Å². The monoisotopic (exact) mass is 268 g/mol. The number of halogens is 5. The van der Waals surface area contributed by atoms with Gasteiger partial charge in [0.05, 0.1) is 5.69 Å². The summed E-state index contributed by atoms with van der Waals surface area (Å²) in [4.78, 5) is 1.22. The summed E-state index contributed by atoms with van der Waals surface area (Å²) in [5.74, 6) is -2.28. The lowest BCUT2D eigenvalue weighted by atomic mass is 10.0. The van der Waals surface area contributed by atoms with Gasteiger partial charge in [0, 0.05) is 14.1 Å². The largest absolute Gasteiger partial charge is 0.403 e. The molecule has 2 N–H and O–H groups in total. The van der Waals surface area contributed by atoms with Crippen molar-refractivity contribution in [2.45, 2.75) is 18.6 Å². The van der Waals surface area contributed by atoms with Crippen LogP contribution >= 0.6 is 0 Å². The first kappa shape index (κ1) is 14.7. The van der Waals surface area contributed by atoms with Gasteiger partial charge in [0.15, 0.2) is 11.6 Å². The van der Waals surface area contributed by atoms with Gasteiger partial charge in [0.2, 0.25) is 0 Å². The minimum Gasteiger partial charge on any atom is -0.375 e. The Bertz CT molecular complexity index is 428. The molecule has 0 aliphatic heterocycles. The maximum absolute atomic E-state index is 13.5. The van der Waals surface area contributed by atoms with Gasteiger partial charge in [-0.05, 0) is 18.1 Å². The fourth-order valence-corrected chi connectivity index (χ4v) is 1.58. The number of nitrogens with zero attached hydrogens (tertiary/aromatic N) is 1. The van der Waals surface area contributed by atoms with Crippen molar-refractivity contribution in [2.75, 3.05) is 19.0 Å². The topological polar surface area (TPSA) is 29.3 Å². The third-order valence-corrected chi connectivity index (χ3v) is 2.46. The molecule has 2 nitrogen and oxygen atoms in total. The van der Waals surface area contributed by atoms with Crippen LogP contribution in [0.15, 0.2) is 12.1 Å². The SMILES string of the molecule is CN(C)c1c(CC(N)C(F)(F)F)ccc(F)c1F. The highest BCUT2D eigenvalue weighted by molar-refractivity contribution is 5.54. The van der Waals surface area contributed by atoms with Gasteiger partial charge in [-0.3, -0.25) is 0 Å². The Hall–Kier alpha value is -1.37. The third-order valence-electron chi connectivity index (χ3n) is 2.46. The standard InChI is InChI=1S/C11H13F5N2/c1-18(2)10-6(3-4-7(12)9(10)13)5-8(17)11(14,15)16/h3-4,8H,5,17H2,1-2H3. The van der Waals surface area contributed by atoms with Crippen LogP contribution in [0.5, 0.6) is 0 Å². The number of benzene rings is 1. The minimum absolute atomic E-state index is 0.0173. The molecule has 0 aliphatic rings. The van der Waals surface area contributed by atoms with Crippen molar-refractivity contribution in [3.8, 4) is 0 Å². The normalized spacial score (nSPS) is 13.6. The molecule has 18 heavy (non-hydrogen) atoms. The van der Waals surface area contributed by atoms with Gasteiger partial charge in [-0.1, -0.05) is 6.07 Å². The molecule has 1 aromatic rings. The van der Waals surface area contributed by atoms with Crippen molar-refractivity contribution < 1.29 is 22.0 Å². The van der Waals surface area contributed by atoms with Crippen molar-refractivity contribution in [1.29, 1.82) is 0 Å². The van der Waals surface area contributed by atoms with E-state index in [9.17, 15) is 22.0 Å². The van der Waals surface area contributed by atoms with Gasteiger partial charge >= 0.3 is 6.18 Å². The van der Waals surface area contributed by atoms with Gasteiger partial charge in [-0.25, -0.2) is 8.78 Å². The van der Waals surface area contributed by atoms with E-state index >= 15 is 0 Å². The average molecular weight is 268 g/mol. The maximum Gasteiger partial charge on any atom is 0.403 e. The lowest BCUT2D eigenvalue weighted by molar-refractivity contribution is -0.147. The summed E-state index contributed by atoms with van der Waals surface area (Å²) in [6.45, 7) is 0. The van der Waals surface area contributed by atoms with Crippen molar-refractivity contribution >= 4 is 5.69 Å². The van der Waals surface area contributed by atoms with Crippen molar-refractivity contribution in [3.63, 3.8) is 0 Å². The Morgan fingerprint density at radius 1 is 1.22 bits per heavy atom. The first-order chi connectivity index (χ1) is 8.14. The van der Waals surface area contributed by atoms with Crippen LogP contribution in [0, 0.1) is 11.6 Å². The molecule has 7 heteroatoms. The molecule has 102 valence electrons. The van der Waals surface area contributed by atoms with Gasteiger partial charge < -0.3 is 10.6 Å². The van der Waals surface area contributed by atoms with E-state index in [0.717, 1.165) is 12.1 Å². The molecule has 0 radical (unpaired) electrons. The number of nitrogens with two attached hydrogens (primary N) is 1.